The zero-order chi connectivity index (χ0) is 24.3. The molecule has 33 heavy (non-hydrogen) atoms. The summed E-state index contributed by atoms with van der Waals surface area (Å²) in [5, 5.41) is 39.4. The first-order chi connectivity index (χ1) is 15.7. The van der Waals surface area contributed by atoms with Crippen LogP contribution in [-0.4, -0.2) is 70.8 Å². The lowest BCUT2D eigenvalue weighted by Gasteiger charge is -2.50. The molecule has 1 fully saturated rings. The van der Waals surface area contributed by atoms with E-state index in [1.807, 2.05) is 0 Å². The van der Waals surface area contributed by atoms with Gasteiger partial charge in [0.05, 0.1) is 16.7 Å². The Morgan fingerprint density at radius 3 is 2.79 bits per heavy atom. The lowest BCUT2D eigenvalue weighted by Crippen LogP contribution is -2.72. The van der Waals surface area contributed by atoms with Crippen molar-refractivity contribution in [2.45, 2.75) is 24.9 Å². The van der Waals surface area contributed by atoms with Crippen molar-refractivity contribution in [2.24, 2.45) is 5.16 Å². The minimum Gasteiger partial charge on any atom is -0.477 e. The van der Waals surface area contributed by atoms with E-state index in [4.69, 9.17) is 28.2 Å². The van der Waals surface area contributed by atoms with Gasteiger partial charge in [-0.3, -0.25) is 19.9 Å². The molecule has 0 saturated carbocycles. The molecule has 2 aliphatic heterocycles. The van der Waals surface area contributed by atoms with E-state index in [1.54, 1.807) is 0 Å². The summed E-state index contributed by atoms with van der Waals surface area (Å²) in [5.74, 6) is -2.77. The van der Waals surface area contributed by atoms with E-state index in [-0.39, 0.29) is 25.2 Å². The normalized spacial score (nSPS) is 20.2. The molecule has 0 radical (unpaired) electrons. The molecular formula is C16H16ClN7O5S4. The Morgan fingerprint density at radius 1 is 1.48 bits per heavy atom. The first kappa shape index (κ1) is 25.4. The number of hydrogen-bond acceptors (Lipinski definition) is 13. The monoisotopic (exact) mass is 549 g/mol. The zero-order valence-corrected chi connectivity index (χ0v) is 20.4. The number of carboxylic acids is 1. The number of amides is 2. The van der Waals surface area contributed by atoms with Crippen LogP contribution in [-0.2, 0) is 14.4 Å². The van der Waals surface area contributed by atoms with Gasteiger partial charge in [-0.05, 0) is 12.8 Å². The molecule has 7 N–H and O–H groups in total. The molecule has 2 amide bonds. The van der Waals surface area contributed by atoms with Crippen LogP contribution in [0.3, 0.4) is 0 Å². The number of nitrogens with zero attached hydrogens (tertiary/aromatic N) is 3. The number of aliphatic carboxylic acids is 1. The summed E-state index contributed by atoms with van der Waals surface area (Å²) in [6, 6.07) is -1.58. The second kappa shape index (κ2) is 10.8. The number of rotatable bonds is 8. The highest BCUT2D eigenvalue weighted by molar-refractivity contribution is 8.46. The average Bonchev–Trinajstić information content (AvgIpc) is 3.09. The fourth-order valence-corrected chi connectivity index (χ4v) is 6.99. The highest BCUT2D eigenvalue weighted by Crippen LogP contribution is 2.42. The van der Waals surface area contributed by atoms with Crippen molar-refractivity contribution >= 4 is 96.8 Å². The Labute approximate surface area is 208 Å². The third-order valence-corrected chi connectivity index (χ3v) is 8.62. The van der Waals surface area contributed by atoms with Crippen LogP contribution in [0.15, 0.2) is 15.8 Å². The smallest absolute Gasteiger partial charge is 0.353 e. The molecule has 2 aliphatic rings. The molecule has 1 aromatic heterocycles. The Morgan fingerprint density at radius 2 is 2.21 bits per heavy atom. The van der Waals surface area contributed by atoms with E-state index in [0.717, 1.165) is 45.3 Å². The van der Waals surface area contributed by atoms with Crippen molar-refractivity contribution in [3.8, 4) is 0 Å². The number of nitrogen functional groups attached to an aromatic ring is 1. The first-order valence-corrected chi connectivity index (χ1v) is 13.0. The number of carbonyl (C=O) groups is 3. The lowest BCUT2D eigenvalue weighted by molar-refractivity contribution is -0.155. The predicted molar refractivity (Wildman–Crippen MR) is 130 cm³/mol. The SMILES string of the molecule is N=CSC(=N)SCSC1=C(C(=O)O)N2C(=O)[C@@H](NC(=O)/C(=N\O)c3nc(N)sc3Cl)C2CC1. The van der Waals surface area contributed by atoms with Crippen molar-refractivity contribution in [1.29, 1.82) is 10.8 Å². The topological polar surface area (TPSA) is 206 Å². The quantitative estimate of drug-likeness (QED) is 0.0694. The third-order valence-electron chi connectivity index (χ3n) is 4.61. The molecule has 1 saturated heterocycles. The number of allylic oxidation sites excluding steroid dienone is 1. The average molecular weight is 550 g/mol. The maximum Gasteiger partial charge on any atom is 0.353 e. The van der Waals surface area contributed by atoms with Gasteiger partial charge >= 0.3 is 5.97 Å². The van der Waals surface area contributed by atoms with Crippen molar-refractivity contribution in [3.05, 3.63) is 20.6 Å². The number of halogens is 1. The summed E-state index contributed by atoms with van der Waals surface area (Å²) >= 11 is 10.2. The van der Waals surface area contributed by atoms with E-state index >= 15 is 0 Å². The van der Waals surface area contributed by atoms with Gasteiger partial charge in [0, 0.05) is 4.91 Å². The van der Waals surface area contributed by atoms with Gasteiger partial charge in [0.15, 0.2) is 10.8 Å². The maximum absolute atomic E-state index is 12.8. The number of hydrogen-bond donors (Lipinski definition) is 6. The van der Waals surface area contributed by atoms with Gasteiger partial charge < -0.3 is 26.8 Å². The van der Waals surface area contributed by atoms with Crippen molar-refractivity contribution in [3.63, 3.8) is 0 Å². The molecule has 0 aliphatic carbocycles. The van der Waals surface area contributed by atoms with Crippen LogP contribution < -0.4 is 11.1 Å². The summed E-state index contributed by atoms with van der Waals surface area (Å²) in [5.41, 5.74) is 5.80. The second-order valence-electron chi connectivity index (χ2n) is 6.40. The Kier molecular flexibility index (Phi) is 8.28. The molecule has 17 heteroatoms. The molecule has 1 unspecified atom stereocenters. The number of thioether (sulfide) groups is 3. The summed E-state index contributed by atoms with van der Waals surface area (Å²) in [7, 11) is 0. The number of aromatic nitrogens is 1. The molecule has 2 atom stereocenters. The number of carboxylic acid groups (broad SMARTS) is 1. The minimum absolute atomic E-state index is 0.0393. The fourth-order valence-electron chi connectivity index (χ4n) is 3.28. The number of nitrogens with two attached hydrogens (primary N) is 1. The molecule has 12 nitrogen and oxygen atoms in total. The molecule has 0 bridgehead atoms. The highest BCUT2D eigenvalue weighted by Gasteiger charge is 2.53. The van der Waals surface area contributed by atoms with Gasteiger partial charge in [-0.1, -0.05) is 51.6 Å². The van der Waals surface area contributed by atoms with Crippen molar-refractivity contribution in [2.75, 3.05) is 10.8 Å². The predicted octanol–water partition coefficient (Wildman–Crippen LogP) is 2.04. The second-order valence-corrected chi connectivity index (χ2v) is 11.6. The van der Waals surface area contributed by atoms with Gasteiger partial charge in [-0.2, -0.15) is 0 Å². The summed E-state index contributed by atoms with van der Waals surface area (Å²) in [4.78, 5) is 42.7. The molecule has 0 aromatic carbocycles. The largest absolute Gasteiger partial charge is 0.477 e. The van der Waals surface area contributed by atoms with E-state index < -0.39 is 35.6 Å². The summed E-state index contributed by atoms with van der Waals surface area (Å²) in [6.45, 7) is 0. The summed E-state index contributed by atoms with van der Waals surface area (Å²) < 4.78 is 0.243. The minimum atomic E-state index is -1.27. The van der Waals surface area contributed by atoms with Gasteiger partial charge in [0.25, 0.3) is 11.8 Å². The molecule has 1 aromatic rings. The van der Waals surface area contributed by atoms with Gasteiger partial charge in [-0.15, -0.1) is 11.8 Å². The summed E-state index contributed by atoms with van der Waals surface area (Å²) in [6.07, 6.45) is 0.775. The maximum atomic E-state index is 12.8. The van der Waals surface area contributed by atoms with Crippen LogP contribution >= 0.6 is 58.2 Å². The van der Waals surface area contributed by atoms with E-state index in [9.17, 15) is 24.7 Å². The molecule has 176 valence electrons. The number of anilines is 1. The number of carbonyl (C=O) groups excluding carboxylic acids is 2. The molecule has 3 heterocycles. The highest BCUT2D eigenvalue weighted by atomic mass is 35.5. The van der Waals surface area contributed by atoms with Crippen LogP contribution in [0.4, 0.5) is 5.13 Å². The molecule has 0 spiro atoms. The van der Waals surface area contributed by atoms with Crippen LogP contribution in [0.25, 0.3) is 0 Å². The lowest BCUT2D eigenvalue weighted by atomic mass is 9.86. The number of nitrogens with one attached hydrogen (secondary N) is 3. The zero-order valence-electron chi connectivity index (χ0n) is 16.4. The standard InChI is InChI=1S/C16H16ClN7O5S4/c17-11-8(22-15(19)33-11)9(23-29)12(25)21-7-5-1-2-6(31-4-32-16(20)30-3-18)10(14(27)28)24(5)13(7)26/h3,5,7,18,20,29H,1-2,4H2,(H2,19,22)(H,21,25)(H,27,28)/b18-3?,20-16?,23-9-/t5?,7-/m0/s1. The number of thiazole rings is 1. The van der Waals surface area contributed by atoms with Crippen molar-refractivity contribution < 1.29 is 24.7 Å². The van der Waals surface area contributed by atoms with E-state index in [2.05, 4.69) is 15.5 Å². The van der Waals surface area contributed by atoms with Gasteiger partial charge in [0.2, 0.25) is 0 Å². The fraction of sp³-hybridized carbons (Fsp3) is 0.312. The Bertz CT molecular complexity index is 1090. The van der Waals surface area contributed by atoms with Crippen LogP contribution in [0.5, 0.6) is 0 Å². The van der Waals surface area contributed by atoms with E-state index in [1.165, 1.54) is 11.8 Å². The van der Waals surface area contributed by atoms with Crippen LogP contribution in [0, 0.1) is 10.8 Å². The Hall–Kier alpha value is -2.27. The number of fused-ring (bicyclic) bond motifs is 1. The van der Waals surface area contributed by atoms with Crippen molar-refractivity contribution in [1.82, 2.24) is 15.2 Å². The van der Waals surface area contributed by atoms with E-state index in [0.29, 0.717) is 22.8 Å². The van der Waals surface area contributed by atoms with Crippen LogP contribution in [0.1, 0.15) is 18.5 Å². The third kappa shape index (κ3) is 5.29. The molecular weight excluding hydrogens is 534 g/mol. The molecule has 3 rings (SSSR count). The number of oxime groups is 1. The van der Waals surface area contributed by atoms with Gasteiger partial charge in [-0.25, -0.2) is 9.78 Å². The number of β-lactam (4-membered cyclic amide) rings is 1. The first-order valence-electron chi connectivity index (χ1n) is 8.93. The Balaban J connectivity index is 1.71. The van der Waals surface area contributed by atoms with Gasteiger partial charge in [0.1, 0.15) is 26.1 Å². The van der Waals surface area contributed by atoms with Crippen LogP contribution in [0.2, 0.25) is 4.34 Å².